The minimum Gasteiger partial charge on any atom is -0.465 e. The van der Waals surface area contributed by atoms with Crippen LogP contribution in [-0.2, 0) is 19.1 Å². The highest BCUT2D eigenvalue weighted by Crippen LogP contribution is 2.27. The van der Waals surface area contributed by atoms with E-state index in [0.29, 0.717) is 11.1 Å². The average Bonchev–Trinajstić information content (AvgIpc) is 2.88. The van der Waals surface area contributed by atoms with Crippen LogP contribution in [0.4, 0.5) is 0 Å². The normalized spacial score (nSPS) is 11.4. The lowest BCUT2D eigenvalue weighted by molar-refractivity contribution is -0.138. The summed E-state index contributed by atoms with van der Waals surface area (Å²) in [5, 5.41) is 0.730. The number of rotatable bonds is 4. The van der Waals surface area contributed by atoms with Crippen molar-refractivity contribution in [2.45, 2.75) is 6.92 Å². The van der Waals surface area contributed by atoms with Gasteiger partial charge in [-0.2, -0.15) is 0 Å². The van der Waals surface area contributed by atoms with E-state index in [-0.39, 0.29) is 12.2 Å². The van der Waals surface area contributed by atoms with Gasteiger partial charge in [-0.1, -0.05) is 18.2 Å². The molecule has 1 aromatic heterocycles. The van der Waals surface area contributed by atoms with Gasteiger partial charge in [0.05, 0.1) is 25.6 Å². The Morgan fingerprint density at radius 3 is 2.75 bits per heavy atom. The molecule has 5 heteroatoms. The third kappa shape index (κ3) is 2.71. The van der Waals surface area contributed by atoms with Crippen LogP contribution in [0.15, 0.2) is 41.0 Å². The predicted molar refractivity (Wildman–Crippen MR) is 72.8 cm³/mol. The Bertz CT molecular complexity index is 666. The Labute approximate surface area is 115 Å². The molecule has 1 aromatic carbocycles. The van der Waals surface area contributed by atoms with E-state index in [1.807, 2.05) is 12.1 Å². The van der Waals surface area contributed by atoms with E-state index in [2.05, 4.69) is 0 Å². The van der Waals surface area contributed by atoms with Crippen molar-refractivity contribution in [1.29, 1.82) is 0 Å². The van der Waals surface area contributed by atoms with Gasteiger partial charge < -0.3 is 13.9 Å². The minimum absolute atomic E-state index is 0.107. The number of fused-ring (bicyclic) bond motifs is 1. The highest BCUT2D eigenvalue weighted by atomic mass is 16.5. The summed E-state index contributed by atoms with van der Waals surface area (Å²) >= 11 is 0. The summed E-state index contributed by atoms with van der Waals surface area (Å²) in [6.07, 6.45) is 2.54. The number of esters is 2. The first-order chi connectivity index (χ1) is 9.67. The van der Waals surface area contributed by atoms with Gasteiger partial charge in [0.15, 0.2) is 0 Å². The topological polar surface area (TPSA) is 65.7 Å². The number of ether oxygens (including phenoxy) is 2. The molecule has 0 fully saturated rings. The van der Waals surface area contributed by atoms with Crippen LogP contribution < -0.4 is 0 Å². The first-order valence-electron chi connectivity index (χ1n) is 6.10. The van der Waals surface area contributed by atoms with E-state index in [0.717, 1.165) is 11.5 Å². The number of hydrogen-bond donors (Lipinski definition) is 0. The molecule has 0 radical (unpaired) electrons. The van der Waals surface area contributed by atoms with E-state index >= 15 is 0 Å². The highest BCUT2D eigenvalue weighted by molar-refractivity contribution is 6.23. The Morgan fingerprint density at radius 1 is 1.30 bits per heavy atom. The van der Waals surface area contributed by atoms with E-state index < -0.39 is 11.9 Å². The lowest BCUT2D eigenvalue weighted by Crippen LogP contribution is -2.08. The number of hydrogen-bond acceptors (Lipinski definition) is 5. The predicted octanol–water partition coefficient (Wildman–Crippen LogP) is 2.55. The van der Waals surface area contributed by atoms with E-state index in [1.165, 1.54) is 13.4 Å². The second kappa shape index (κ2) is 6.06. The van der Waals surface area contributed by atoms with Gasteiger partial charge in [-0.15, -0.1) is 0 Å². The largest absolute Gasteiger partial charge is 0.465 e. The van der Waals surface area contributed by atoms with Crippen molar-refractivity contribution in [2.24, 2.45) is 0 Å². The van der Waals surface area contributed by atoms with Crippen LogP contribution in [0.3, 0.4) is 0 Å². The molecule has 2 rings (SSSR count). The van der Waals surface area contributed by atoms with Gasteiger partial charge in [0, 0.05) is 17.0 Å². The van der Waals surface area contributed by atoms with Crippen molar-refractivity contribution < 1.29 is 23.5 Å². The first kappa shape index (κ1) is 13.9. The number of benzene rings is 1. The summed E-state index contributed by atoms with van der Waals surface area (Å²) in [6.45, 7) is 1.92. The smallest absolute Gasteiger partial charge is 0.338 e. The van der Waals surface area contributed by atoms with E-state index in [4.69, 9.17) is 13.9 Å². The summed E-state index contributed by atoms with van der Waals surface area (Å²) in [4.78, 5) is 23.4. The molecule has 20 heavy (non-hydrogen) atoms. The van der Waals surface area contributed by atoms with Gasteiger partial charge in [-0.05, 0) is 13.0 Å². The summed E-state index contributed by atoms with van der Waals surface area (Å²) < 4.78 is 14.9. The first-order valence-corrected chi connectivity index (χ1v) is 6.10. The van der Waals surface area contributed by atoms with Gasteiger partial charge in [-0.3, -0.25) is 0 Å². The maximum atomic E-state index is 11.9. The highest BCUT2D eigenvalue weighted by Gasteiger charge is 2.19. The molecule has 0 aliphatic rings. The van der Waals surface area contributed by atoms with Gasteiger partial charge >= 0.3 is 11.9 Å². The standard InChI is InChI=1S/C15H14O5/c1-3-19-14(16)8-11(15(17)18-2)12-9-20-13-7-5-4-6-10(12)13/h4-9H,3H2,1-2H3/b11-8+. The Kier molecular flexibility index (Phi) is 4.20. The van der Waals surface area contributed by atoms with Crippen LogP contribution >= 0.6 is 0 Å². The van der Waals surface area contributed by atoms with Crippen molar-refractivity contribution in [3.63, 3.8) is 0 Å². The van der Waals surface area contributed by atoms with E-state index in [9.17, 15) is 9.59 Å². The Morgan fingerprint density at radius 2 is 2.05 bits per heavy atom. The molecule has 0 aliphatic carbocycles. The fourth-order valence-corrected chi connectivity index (χ4v) is 1.84. The van der Waals surface area contributed by atoms with Crippen LogP contribution in [0.5, 0.6) is 0 Å². The molecule has 0 saturated heterocycles. The van der Waals surface area contributed by atoms with Crippen molar-refractivity contribution in [2.75, 3.05) is 13.7 Å². The second-order valence-electron chi connectivity index (χ2n) is 3.95. The molecule has 2 aromatic rings. The zero-order valence-corrected chi connectivity index (χ0v) is 11.2. The molecule has 104 valence electrons. The zero-order chi connectivity index (χ0) is 14.5. The van der Waals surface area contributed by atoms with Gasteiger partial charge in [0.2, 0.25) is 0 Å². The third-order valence-corrected chi connectivity index (χ3v) is 2.73. The lowest BCUT2D eigenvalue weighted by atomic mass is 10.0. The van der Waals surface area contributed by atoms with Gasteiger partial charge in [0.1, 0.15) is 5.58 Å². The fourth-order valence-electron chi connectivity index (χ4n) is 1.84. The van der Waals surface area contributed by atoms with Crippen molar-refractivity contribution in [3.05, 3.63) is 42.2 Å². The molecular formula is C15H14O5. The number of methoxy groups -OCH3 is 1. The van der Waals surface area contributed by atoms with Crippen LogP contribution in [0.25, 0.3) is 16.5 Å². The monoisotopic (exact) mass is 274 g/mol. The van der Waals surface area contributed by atoms with Gasteiger partial charge in [-0.25, -0.2) is 9.59 Å². The van der Waals surface area contributed by atoms with Crippen LogP contribution in [0.2, 0.25) is 0 Å². The van der Waals surface area contributed by atoms with Crippen LogP contribution in [0.1, 0.15) is 12.5 Å². The lowest BCUT2D eigenvalue weighted by Gasteiger charge is -2.04. The molecule has 0 aliphatic heterocycles. The molecule has 0 N–H and O–H groups in total. The molecule has 0 saturated carbocycles. The summed E-state index contributed by atoms with van der Waals surface area (Å²) in [6, 6.07) is 7.22. The van der Waals surface area contributed by atoms with Crippen LogP contribution in [0, 0.1) is 0 Å². The minimum atomic E-state index is -0.621. The van der Waals surface area contributed by atoms with Crippen molar-refractivity contribution in [1.82, 2.24) is 0 Å². The molecule has 0 spiro atoms. The molecule has 0 unspecified atom stereocenters. The Balaban J connectivity index is 2.51. The zero-order valence-electron chi connectivity index (χ0n) is 11.2. The van der Waals surface area contributed by atoms with Crippen LogP contribution in [-0.4, -0.2) is 25.7 Å². The van der Waals surface area contributed by atoms with Crippen molar-refractivity contribution >= 4 is 28.5 Å². The molecule has 0 bridgehead atoms. The number of furan rings is 1. The van der Waals surface area contributed by atoms with Crippen molar-refractivity contribution in [3.8, 4) is 0 Å². The average molecular weight is 274 g/mol. The molecule has 0 amide bonds. The molecular weight excluding hydrogens is 260 g/mol. The second-order valence-corrected chi connectivity index (χ2v) is 3.95. The summed E-state index contributed by atoms with van der Waals surface area (Å²) in [5.41, 5.74) is 1.23. The SMILES string of the molecule is CCOC(=O)/C=C(/C(=O)OC)c1coc2ccccc12. The number of para-hydroxylation sites is 1. The maximum Gasteiger partial charge on any atom is 0.338 e. The fraction of sp³-hybridized carbons (Fsp3) is 0.200. The molecule has 0 atom stereocenters. The summed E-state index contributed by atoms with van der Waals surface area (Å²) in [7, 11) is 1.25. The maximum absolute atomic E-state index is 11.9. The Hall–Kier alpha value is -2.56. The quantitative estimate of drug-likeness (QED) is 0.633. The number of carbonyl (C=O) groups excluding carboxylic acids is 2. The summed E-state index contributed by atoms with van der Waals surface area (Å²) in [5.74, 6) is -1.22. The third-order valence-electron chi connectivity index (χ3n) is 2.73. The van der Waals surface area contributed by atoms with E-state index in [1.54, 1.807) is 19.1 Å². The van der Waals surface area contributed by atoms with Gasteiger partial charge in [0.25, 0.3) is 0 Å². The number of carbonyl (C=O) groups is 2. The molecule has 5 nitrogen and oxygen atoms in total. The molecule has 1 heterocycles.